The van der Waals surface area contributed by atoms with Crippen molar-refractivity contribution in [2.75, 3.05) is 23.7 Å². The molecular weight excluding hydrogens is 210 g/mol. The molecule has 0 unspecified atom stereocenters. The first-order chi connectivity index (χ1) is 8.04. The number of nitrogens with zero attached hydrogens (tertiary/aromatic N) is 2. The van der Waals surface area contributed by atoms with Gasteiger partial charge in [0, 0.05) is 24.5 Å². The summed E-state index contributed by atoms with van der Waals surface area (Å²) in [6.45, 7) is 8.07. The number of hydrogen-bond donors (Lipinski definition) is 1. The molecule has 0 fully saturated rings. The van der Waals surface area contributed by atoms with Gasteiger partial charge in [0.1, 0.15) is 0 Å². The Morgan fingerprint density at radius 2 is 2.12 bits per heavy atom. The predicted molar refractivity (Wildman–Crippen MR) is 72.9 cm³/mol. The molecule has 0 amide bonds. The van der Waals surface area contributed by atoms with E-state index in [0.717, 1.165) is 30.0 Å². The van der Waals surface area contributed by atoms with Gasteiger partial charge in [-0.15, -0.1) is 0 Å². The zero-order valence-corrected chi connectivity index (χ0v) is 10.9. The van der Waals surface area contributed by atoms with Crippen LogP contribution in [0, 0.1) is 24.2 Å². The third-order valence-electron chi connectivity index (χ3n) is 2.71. The molecule has 1 aromatic rings. The number of rotatable bonds is 5. The molecule has 3 heteroatoms. The van der Waals surface area contributed by atoms with E-state index in [4.69, 9.17) is 11.0 Å². The van der Waals surface area contributed by atoms with Crippen LogP contribution in [0.15, 0.2) is 18.2 Å². The van der Waals surface area contributed by atoms with Crippen LogP contribution < -0.4 is 10.6 Å². The summed E-state index contributed by atoms with van der Waals surface area (Å²) in [6.07, 6.45) is 0.542. The molecule has 0 aliphatic rings. The van der Waals surface area contributed by atoms with E-state index >= 15 is 0 Å². The second-order valence-electron chi connectivity index (χ2n) is 4.79. The van der Waals surface area contributed by atoms with Gasteiger partial charge in [-0.05, 0) is 30.5 Å². The highest BCUT2D eigenvalue weighted by Crippen LogP contribution is 2.22. The smallest absolute Gasteiger partial charge is 0.0640 e. The van der Waals surface area contributed by atoms with E-state index in [1.807, 2.05) is 19.1 Å². The summed E-state index contributed by atoms with van der Waals surface area (Å²) < 4.78 is 0. The van der Waals surface area contributed by atoms with Gasteiger partial charge in [0.2, 0.25) is 0 Å². The number of nitriles is 1. The van der Waals surface area contributed by atoms with E-state index < -0.39 is 0 Å². The first-order valence-corrected chi connectivity index (χ1v) is 6.02. The summed E-state index contributed by atoms with van der Waals surface area (Å²) in [4.78, 5) is 2.23. The number of benzene rings is 1. The lowest BCUT2D eigenvalue weighted by molar-refractivity contribution is 0.612. The van der Waals surface area contributed by atoms with Crippen LogP contribution in [-0.2, 0) is 0 Å². The summed E-state index contributed by atoms with van der Waals surface area (Å²) in [5, 5.41) is 8.69. The van der Waals surface area contributed by atoms with Gasteiger partial charge in [0.15, 0.2) is 0 Å². The van der Waals surface area contributed by atoms with E-state index in [1.54, 1.807) is 0 Å². The molecule has 2 N–H and O–H groups in total. The van der Waals surface area contributed by atoms with Crippen LogP contribution in [0.25, 0.3) is 0 Å². The van der Waals surface area contributed by atoms with Crippen molar-refractivity contribution in [3.05, 3.63) is 23.8 Å². The number of nitrogens with two attached hydrogens (primary N) is 1. The fourth-order valence-corrected chi connectivity index (χ4v) is 1.78. The Morgan fingerprint density at radius 3 is 2.65 bits per heavy atom. The Labute approximate surface area is 104 Å². The van der Waals surface area contributed by atoms with Crippen molar-refractivity contribution in [1.29, 1.82) is 5.26 Å². The quantitative estimate of drug-likeness (QED) is 0.793. The van der Waals surface area contributed by atoms with Crippen molar-refractivity contribution in [1.82, 2.24) is 0 Å². The Hall–Kier alpha value is -1.69. The fraction of sp³-hybridized carbons (Fsp3) is 0.500. The Balaban J connectivity index is 2.87. The molecule has 92 valence electrons. The number of anilines is 2. The second kappa shape index (κ2) is 6.15. The molecule has 3 nitrogen and oxygen atoms in total. The molecule has 0 bridgehead atoms. The maximum absolute atomic E-state index is 8.69. The Kier molecular flexibility index (Phi) is 4.84. The molecule has 0 heterocycles. The van der Waals surface area contributed by atoms with Crippen LogP contribution in [0.1, 0.15) is 25.8 Å². The van der Waals surface area contributed by atoms with Crippen molar-refractivity contribution in [3.8, 4) is 6.07 Å². The molecule has 0 atom stereocenters. The molecule has 1 aromatic carbocycles. The van der Waals surface area contributed by atoms with Crippen LogP contribution in [0.3, 0.4) is 0 Å². The number of hydrogen-bond acceptors (Lipinski definition) is 3. The highest BCUT2D eigenvalue weighted by atomic mass is 15.1. The molecule has 0 aliphatic carbocycles. The zero-order chi connectivity index (χ0) is 12.8. The Morgan fingerprint density at radius 1 is 1.41 bits per heavy atom. The molecule has 1 rings (SSSR count). The average molecular weight is 231 g/mol. The van der Waals surface area contributed by atoms with E-state index in [-0.39, 0.29) is 0 Å². The minimum Gasteiger partial charge on any atom is -0.398 e. The normalized spacial score (nSPS) is 10.3. The molecule has 0 radical (unpaired) electrons. The second-order valence-corrected chi connectivity index (χ2v) is 4.79. The summed E-state index contributed by atoms with van der Waals surface area (Å²) in [5.41, 5.74) is 8.94. The summed E-state index contributed by atoms with van der Waals surface area (Å²) in [7, 11) is 0. The van der Waals surface area contributed by atoms with Crippen molar-refractivity contribution < 1.29 is 0 Å². The third-order valence-corrected chi connectivity index (χ3v) is 2.71. The average Bonchev–Trinajstić information content (AvgIpc) is 2.27. The minimum absolute atomic E-state index is 0.542. The van der Waals surface area contributed by atoms with Gasteiger partial charge >= 0.3 is 0 Å². The molecule has 0 aliphatic heterocycles. The van der Waals surface area contributed by atoms with Gasteiger partial charge in [-0.2, -0.15) is 5.26 Å². The van der Waals surface area contributed by atoms with Crippen LogP contribution in [-0.4, -0.2) is 13.1 Å². The summed E-state index contributed by atoms with van der Waals surface area (Å²) in [5.74, 6) is 0.566. The largest absolute Gasteiger partial charge is 0.398 e. The van der Waals surface area contributed by atoms with E-state index in [1.165, 1.54) is 0 Å². The van der Waals surface area contributed by atoms with E-state index in [0.29, 0.717) is 12.3 Å². The minimum atomic E-state index is 0.542. The lowest BCUT2D eigenvalue weighted by atomic mass is 10.1. The molecular formula is C14H21N3. The molecule has 0 saturated carbocycles. The van der Waals surface area contributed by atoms with Gasteiger partial charge in [0.05, 0.1) is 12.5 Å². The first-order valence-electron chi connectivity index (χ1n) is 6.02. The predicted octanol–water partition coefficient (Wildman–Crippen LogP) is 2.95. The third kappa shape index (κ3) is 3.99. The van der Waals surface area contributed by atoms with Crippen molar-refractivity contribution in [3.63, 3.8) is 0 Å². The van der Waals surface area contributed by atoms with Crippen LogP contribution in [0.2, 0.25) is 0 Å². The zero-order valence-electron chi connectivity index (χ0n) is 10.9. The van der Waals surface area contributed by atoms with Gasteiger partial charge in [0.25, 0.3) is 0 Å². The van der Waals surface area contributed by atoms with E-state index in [2.05, 4.69) is 30.9 Å². The standard InChI is InChI=1S/C14H21N3/c1-11(2)10-17(8-4-7-15)13-6-5-12(3)14(16)9-13/h5-6,9,11H,4,8,10,16H2,1-3H3. The topological polar surface area (TPSA) is 53.0 Å². The summed E-state index contributed by atoms with van der Waals surface area (Å²) in [6, 6.07) is 8.30. The maximum Gasteiger partial charge on any atom is 0.0640 e. The van der Waals surface area contributed by atoms with Gasteiger partial charge < -0.3 is 10.6 Å². The first kappa shape index (κ1) is 13.4. The van der Waals surface area contributed by atoms with Crippen molar-refractivity contribution in [2.45, 2.75) is 27.2 Å². The molecule has 0 aromatic heterocycles. The Bertz CT molecular complexity index is 404. The molecule has 0 spiro atoms. The SMILES string of the molecule is Cc1ccc(N(CCC#N)CC(C)C)cc1N. The number of aryl methyl sites for hydroxylation is 1. The monoisotopic (exact) mass is 231 g/mol. The lowest BCUT2D eigenvalue weighted by Crippen LogP contribution is -2.28. The van der Waals surface area contributed by atoms with Crippen molar-refractivity contribution >= 4 is 11.4 Å². The molecule has 17 heavy (non-hydrogen) atoms. The van der Waals surface area contributed by atoms with E-state index in [9.17, 15) is 0 Å². The van der Waals surface area contributed by atoms with Crippen LogP contribution in [0.4, 0.5) is 11.4 Å². The fourth-order valence-electron chi connectivity index (χ4n) is 1.78. The highest BCUT2D eigenvalue weighted by molar-refractivity contribution is 5.59. The van der Waals surface area contributed by atoms with Crippen LogP contribution >= 0.6 is 0 Å². The lowest BCUT2D eigenvalue weighted by Gasteiger charge is -2.26. The van der Waals surface area contributed by atoms with Gasteiger partial charge in [-0.25, -0.2) is 0 Å². The van der Waals surface area contributed by atoms with Gasteiger partial charge in [-0.3, -0.25) is 0 Å². The highest BCUT2D eigenvalue weighted by Gasteiger charge is 2.09. The summed E-state index contributed by atoms with van der Waals surface area (Å²) >= 11 is 0. The van der Waals surface area contributed by atoms with Gasteiger partial charge in [-0.1, -0.05) is 19.9 Å². The number of nitrogen functional groups attached to an aromatic ring is 1. The van der Waals surface area contributed by atoms with Crippen LogP contribution in [0.5, 0.6) is 0 Å². The van der Waals surface area contributed by atoms with Crippen molar-refractivity contribution in [2.24, 2.45) is 5.92 Å². The maximum atomic E-state index is 8.69. The molecule has 0 saturated heterocycles.